The van der Waals surface area contributed by atoms with Crippen LogP contribution in [-0.2, 0) is 19.9 Å². The molecule has 1 amide bonds. The molecule has 0 spiro atoms. The van der Waals surface area contributed by atoms with E-state index in [9.17, 15) is 36.8 Å². The van der Waals surface area contributed by atoms with Crippen molar-refractivity contribution in [2.24, 2.45) is 21.6 Å². The van der Waals surface area contributed by atoms with Gasteiger partial charge in [0, 0.05) is 0 Å². The number of aromatic nitrogens is 3. The highest BCUT2D eigenvalue weighted by Crippen LogP contribution is 2.60. The number of halogens is 6. The number of ether oxygens (including phenoxy) is 1. The zero-order valence-corrected chi connectivity index (χ0v) is 26.8. The zero-order chi connectivity index (χ0) is 35.2. The summed E-state index contributed by atoms with van der Waals surface area (Å²) in [6.07, 6.45) is -7.93. The van der Waals surface area contributed by atoms with Gasteiger partial charge in [0.1, 0.15) is 12.9 Å². The summed E-state index contributed by atoms with van der Waals surface area (Å²) in [6, 6.07) is 11.1. The van der Waals surface area contributed by atoms with Crippen molar-refractivity contribution in [3.8, 4) is 11.8 Å². The van der Waals surface area contributed by atoms with Crippen LogP contribution in [0.4, 0.5) is 22.0 Å². The fraction of sp³-hybridized carbons (Fsp3) is 0.438. The van der Waals surface area contributed by atoms with Crippen LogP contribution in [0.2, 0.25) is 5.02 Å². The van der Waals surface area contributed by atoms with Crippen LogP contribution in [0.25, 0.3) is 5.69 Å². The van der Waals surface area contributed by atoms with E-state index in [0.29, 0.717) is 11.1 Å². The summed E-state index contributed by atoms with van der Waals surface area (Å²) in [6.45, 7) is 5.00. The Morgan fingerprint density at radius 3 is 2.38 bits per heavy atom. The molecule has 0 saturated heterocycles. The van der Waals surface area contributed by atoms with Crippen LogP contribution in [0.15, 0.2) is 53.8 Å². The Labute approximate surface area is 277 Å². The van der Waals surface area contributed by atoms with Crippen LogP contribution in [-0.4, -0.2) is 50.3 Å². The number of benzene rings is 2. The standard InChI is InChI=1S/C32H31ClF5N7O3/c1-29(2,3)16-31(20-7-4-18(14-39)5-8-20)27(47)44(28(40)43-31)23(15-48-24(46)13-30(10-11-30)32(36,37)38)19-6-9-21(33)22(12-19)45-26(25(34)35)41-17-42-45/h4-9,12,17,23,25H,10-11,13,15-16H2,1-3H3,(H2,40,43)/t23-,31-/m1/s1. The van der Waals surface area contributed by atoms with Gasteiger partial charge in [0.05, 0.1) is 40.2 Å². The molecule has 254 valence electrons. The average molecular weight is 692 g/mol. The van der Waals surface area contributed by atoms with Crippen molar-refractivity contribution in [1.29, 1.82) is 5.26 Å². The Morgan fingerprint density at radius 1 is 1.15 bits per heavy atom. The van der Waals surface area contributed by atoms with E-state index < -0.39 is 65.7 Å². The number of alkyl halides is 5. The van der Waals surface area contributed by atoms with Crippen molar-refractivity contribution in [3.05, 3.63) is 76.3 Å². The van der Waals surface area contributed by atoms with Gasteiger partial charge in [-0.3, -0.25) is 14.5 Å². The molecule has 2 aromatic carbocycles. The third kappa shape index (κ3) is 6.58. The van der Waals surface area contributed by atoms with Crippen molar-refractivity contribution in [3.63, 3.8) is 0 Å². The van der Waals surface area contributed by atoms with E-state index in [0.717, 1.165) is 15.9 Å². The molecule has 16 heteroatoms. The van der Waals surface area contributed by atoms with E-state index in [1.807, 2.05) is 26.8 Å². The number of amides is 1. The number of guanidine groups is 1. The smallest absolute Gasteiger partial charge is 0.395 e. The van der Waals surface area contributed by atoms with Gasteiger partial charge in [0.15, 0.2) is 17.3 Å². The molecule has 1 aliphatic carbocycles. The first-order valence-electron chi connectivity index (χ1n) is 14.8. The summed E-state index contributed by atoms with van der Waals surface area (Å²) in [5, 5.41) is 13.2. The van der Waals surface area contributed by atoms with Gasteiger partial charge in [0.25, 0.3) is 12.3 Å². The van der Waals surface area contributed by atoms with E-state index in [4.69, 9.17) is 22.1 Å². The molecule has 48 heavy (non-hydrogen) atoms. The molecule has 0 bridgehead atoms. The fourth-order valence-electron chi connectivity index (χ4n) is 5.91. The zero-order valence-electron chi connectivity index (χ0n) is 26.1. The number of nitrogens with two attached hydrogens (primary N) is 1. The molecule has 0 radical (unpaired) electrons. The number of aliphatic imine (C=N–C) groups is 1. The lowest BCUT2D eigenvalue weighted by Crippen LogP contribution is -2.47. The maximum atomic E-state index is 14.6. The van der Waals surface area contributed by atoms with Gasteiger partial charge >= 0.3 is 12.1 Å². The van der Waals surface area contributed by atoms with Crippen molar-refractivity contribution in [2.75, 3.05) is 6.61 Å². The quantitative estimate of drug-likeness (QED) is 0.188. The second-order valence-electron chi connectivity index (χ2n) is 13.1. The van der Waals surface area contributed by atoms with Crippen LogP contribution < -0.4 is 5.73 Å². The van der Waals surface area contributed by atoms with Gasteiger partial charge in [-0.2, -0.15) is 23.5 Å². The normalized spacial score (nSPS) is 19.6. The number of hydrogen-bond acceptors (Lipinski definition) is 8. The first kappa shape index (κ1) is 34.7. The molecule has 1 aliphatic heterocycles. The third-order valence-electron chi connectivity index (χ3n) is 8.41. The molecule has 5 rings (SSSR count). The predicted molar refractivity (Wildman–Crippen MR) is 163 cm³/mol. The second kappa shape index (κ2) is 12.5. The second-order valence-corrected chi connectivity index (χ2v) is 13.5. The van der Waals surface area contributed by atoms with E-state index in [2.05, 4.69) is 15.1 Å². The first-order valence-corrected chi connectivity index (χ1v) is 15.2. The Morgan fingerprint density at radius 2 is 1.81 bits per heavy atom. The maximum Gasteiger partial charge on any atom is 0.395 e. The lowest BCUT2D eigenvalue weighted by Gasteiger charge is -2.35. The minimum absolute atomic E-state index is 0.0169. The van der Waals surface area contributed by atoms with E-state index in [1.54, 1.807) is 12.1 Å². The number of esters is 1. The third-order valence-corrected chi connectivity index (χ3v) is 8.73. The first-order chi connectivity index (χ1) is 22.4. The SMILES string of the molecule is CC(C)(C)C[C@]1(c2ccc(C#N)cc2)N=C(N)N([C@H](COC(=O)CC2(C(F)(F)F)CC2)c2ccc(Cl)c(-n3ncnc3C(F)F)c2)C1=O. The van der Waals surface area contributed by atoms with Gasteiger partial charge in [0.2, 0.25) is 0 Å². The summed E-state index contributed by atoms with van der Waals surface area (Å²) in [5.41, 5.74) is 3.06. The summed E-state index contributed by atoms with van der Waals surface area (Å²) < 4.78 is 74.5. The summed E-state index contributed by atoms with van der Waals surface area (Å²) >= 11 is 6.38. The number of nitriles is 1. The number of nitrogens with zero attached hydrogens (tertiary/aromatic N) is 6. The number of hydrogen-bond donors (Lipinski definition) is 1. The van der Waals surface area contributed by atoms with Crippen molar-refractivity contribution < 1.29 is 36.3 Å². The van der Waals surface area contributed by atoms with Gasteiger partial charge in [-0.25, -0.2) is 23.4 Å². The molecule has 2 atom stereocenters. The van der Waals surface area contributed by atoms with E-state index >= 15 is 0 Å². The summed E-state index contributed by atoms with van der Waals surface area (Å²) in [7, 11) is 0. The van der Waals surface area contributed by atoms with E-state index in [1.165, 1.54) is 30.3 Å². The Hall–Kier alpha value is -4.58. The van der Waals surface area contributed by atoms with Gasteiger partial charge < -0.3 is 10.5 Å². The van der Waals surface area contributed by atoms with Crippen LogP contribution >= 0.6 is 11.6 Å². The van der Waals surface area contributed by atoms with Crippen molar-refractivity contribution >= 4 is 29.4 Å². The molecular formula is C32H31ClF5N7O3. The van der Waals surface area contributed by atoms with Gasteiger partial charge in [-0.15, -0.1) is 0 Å². The molecule has 10 nitrogen and oxygen atoms in total. The van der Waals surface area contributed by atoms with Crippen LogP contribution in [0.3, 0.4) is 0 Å². The highest BCUT2D eigenvalue weighted by Gasteiger charge is 2.64. The highest BCUT2D eigenvalue weighted by molar-refractivity contribution is 6.32. The topological polar surface area (TPSA) is 139 Å². The van der Waals surface area contributed by atoms with Crippen molar-refractivity contribution in [2.45, 2.75) is 70.6 Å². The van der Waals surface area contributed by atoms with E-state index in [-0.39, 0.29) is 41.5 Å². The van der Waals surface area contributed by atoms with Crippen LogP contribution in [0, 0.1) is 22.2 Å². The lowest BCUT2D eigenvalue weighted by atomic mass is 9.75. The largest absolute Gasteiger partial charge is 0.463 e. The van der Waals surface area contributed by atoms with Crippen LogP contribution in [0.5, 0.6) is 0 Å². The molecular weight excluding hydrogens is 661 g/mol. The molecule has 3 aromatic rings. The maximum absolute atomic E-state index is 14.6. The molecule has 0 unspecified atom stereocenters. The monoisotopic (exact) mass is 691 g/mol. The predicted octanol–water partition coefficient (Wildman–Crippen LogP) is 6.54. The molecule has 2 N–H and O–H groups in total. The summed E-state index contributed by atoms with van der Waals surface area (Å²) in [5.74, 6) is -2.79. The fourth-order valence-corrected chi connectivity index (χ4v) is 6.11. The Balaban J connectivity index is 1.58. The van der Waals surface area contributed by atoms with Crippen LogP contribution in [0.1, 0.15) is 81.4 Å². The summed E-state index contributed by atoms with van der Waals surface area (Å²) in [4.78, 5) is 36.8. The Kier molecular flexibility index (Phi) is 9.02. The van der Waals surface area contributed by atoms with Gasteiger partial charge in [-0.05, 0) is 60.1 Å². The Bertz CT molecular complexity index is 1790. The number of rotatable bonds is 10. The van der Waals surface area contributed by atoms with Crippen molar-refractivity contribution in [1.82, 2.24) is 19.7 Å². The number of carbonyl (C=O) groups is 2. The molecule has 1 aromatic heterocycles. The highest BCUT2D eigenvalue weighted by atomic mass is 35.5. The molecule has 2 heterocycles. The van der Waals surface area contributed by atoms with Gasteiger partial charge in [-0.1, -0.05) is 50.6 Å². The number of carbonyl (C=O) groups excluding carboxylic acids is 2. The minimum Gasteiger partial charge on any atom is -0.463 e. The molecule has 2 aliphatic rings. The molecule has 1 fully saturated rings. The lowest BCUT2D eigenvalue weighted by molar-refractivity contribution is -0.195. The average Bonchev–Trinajstić information content (AvgIpc) is 3.55. The minimum atomic E-state index is -4.60. The molecule has 1 saturated carbocycles.